The first kappa shape index (κ1) is 25.5. The molecule has 1 amide bonds. The number of nitrogens with zero attached hydrogens (tertiary/aromatic N) is 3. The number of unbranched alkanes of at least 4 members (excludes halogenated alkanes) is 8. The van der Waals surface area contributed by atoms with Crippen molar-refractivity contribution in [3.63, 3.8) is 0 Å². The molecule has 0 saturated carbocycles. The summed E-state index contributed by atoms with van der Waals surface area (Å²) in [5.41, 5.74) is 3.59. The maximum atomic E-state index is 12.2. The molecule has 0 aliphatic carbocycles. The SMILES string of the molecule is CCCCCCCCCCCC(=O)Nc1ccc(-c2nnc(-c3ccc(N(C)C)cc3)o2)cc1. The van der Waals surface area contributed by atoms with Gasteiger partial charge in [-0.15, -0.1) is 10.2 Å². The monoisotopic (exact) mass is 462 g/mol. The van der Waals surface area contributed by atoms with Crippen molar-refractivity contribution in [3.8, 4) is 22.9 Å². The third-order valence-corrected chi connectivity index (χ3v) is 5.98. The van der Waals surface area contributed by atoms with Gasteiger partial charge in [-0.05, 0) is 55.0 Å². The standard InChI is InChI=1S/C28H38N4O2/c1-4-5-6-7-8-9-10-11-12-13-26(33)29-24-18-14-22(15-19-24)27-30-31-28(34-27)23-16-20-25(21-17-23)32(2)3/h14-21H,4-13H2,1-3H3,(H,29,33). The molecule has 0 radical (unpaired) electrons. The van der Waals surface area contributed by atoms with Gasteiger partial charge in [0, 0.05) is 43.0 Å². The molecule has 1 N–H and O–H groups in total. The van der Waals surface area contributed by atoms with Crippen molar-refractivity contribution in [2.24, 2.45) is 0 Å². The number of carbonyl (C=O) groups excluding carboxylic acids is 1. The zero-order valence-electron chi connectivity index (χ0n) is 20.8. The number of carbonyl (C=O) groups is 1. The average molecular weight is 463 g/mol. The minimum Gasteiger partial charge on any atom is -0.416 e. The molecule has 34 heavy (non-hydrogen) atoms. The molecule has 0 fully saturated rings. The quantitative estimate of drug-likeness (QED) is 0.254. The highest BCUT2D eigenvalue weighted by Gasteiger charge is 2.11. The van der Waals surface area contributed by atoms with Crippen LogP contribution in [0.4, 0.5) is 11.4 Å². The van der Waals surface area contributed by atoms with Crippen LogP contribution in [0.1, 0.15) is 71.1 Å². The molecule has 6 nitrogen and oxygen atoms in total. The molecule has 3 aromatic rings. The van der Waals surface area contributed by atoms with Gasteiger partial charge in [-0.25, -0.2) is 0 Å². The number of amides is 1. The lowest BCUT2D eigenvalue weighted by atomic mass is 10.1. The van der Waals surface area contributed by atoms with Gasteiger partial charge in [0.2, 0.25) is 17.7 Å². The second kappa shape index (κ2) is 13.5. The van der Waals surface area contributed by atoms with Crippen LogP contribution in [0.15, 0.2) is 52.9 Å². The number of benzene rings is 2. The van der Waals surface area contributed by atoms with Gasteiger partial charge in [-0.2, -0.15) is 0 Å². The molecule has 0 atom stereocenters. The van der Waals surface area contributed by atoms with E-state index in [0.29, 0.717) is 18.2 Å². The second-order valence-corrected chi connectivity index (χ2v) is 9.06. The molecule has 0 saturated heterocycles. The largest absolute Gasteiger partial charge is 0.416 e. The number of hydrogen-bond donors (Lipinski definition) is 1. The Labute approximate surface area is 203 Å². The molecule has 0 spiro atoms. The molecular weight excluding hydrogens is 424 g/mol. The Morgan fingerprint density at radius 2 is 1.26 bits per heavy atom. The smallest absolute Gasteiger partial charge is 0.248 e. The van der Waals surface area contributed by atoms with Crippen LogP contribution in [0.25, 0.3) is 22.9 Å². The Morgan fingerprint density at radius 3 is 1.79 bits per heavy atom. The Kier molecular flexibility index (Phi) is 10.1. The van der Waals surface area contributed by atoms with Crippen molar-refractivity contribution in [1.29, 1.82) is 0 Å². The zero-order chi connectivity index (χ0) is 24.2. The van der Waals surface area contributed by atoms with E-state index < -0.39 is 0 Å². The first-order valence-corrected chi connectivity index (χ1v) is 12.6. The highest BCUT2D eigenvalue weighted by molar-refractivity contribution is 5.90. The van der Waals surface area contributed by atoms with Gasteiger partial charge in [0.1, 0.15) is 0 Å². The molecule has 0 aliphatic rings. The predicted octanol–water partition coefficient (Wildman–Crippen LogP) is 7.33. The van der Waals surface area contributed by atoms with Gasteiger partial charge in [0.05, 0.1) is 0 Å². The molecule has 1 aromatic heterocycles. The molecule has 2 aromatic carbocycles. The van der Waals surface area contributed by atoms with E-state index in [2.05, 4.69) is 22.4 Å². The topological polar surface area (TPSA) is 71.3 Å². The lowest BCUT2D eigenvalue weighted by Gasteiger charge is -2.11. The predicted molar refractivity (Wildman–Crippen MR) is 140 cm³/mol. The van der Waals surface area contributed by atoms with Crippen molar-refractivity contribution >= 4 is 17.3 Å². The van der Waals surface area contributed by atoms with E-state index in [1.165, 1.54) is 44.9 Å². The molecule has 0 unspecified atom stereocenters. The first-order valence-electron chi connectivity index (χ1n) is 12.6. The van der Waals surface area contributed by atoms with E-state index in [1.807, 2.05) is 67.5 Å². The van der Waals surface area contributed by atoms with E-state index >= 15 is 0 Å². The summed E-state index contributed by atoms with van der Waals surface area (Å²) in [6, 6.07) is 15.5. The molecule has 6 heteroatoms. The molecule has 3 rings (SSSR count). The second-order valence-electron chi connectivity index (χ2n) is 9.06. The number of hydrogen-bond acceptors (Lipinski definition) is 5. The third-order valence-electron chi connectivity index (χ3n) is 5.98. The van der Waals surface area contributed by atoms with Crippen LogP contribution >= 0.6 is 0 Å². The molecule has 0 bridgehead atoms. The van der Waals surface area contributed by atoms with Crippen LogP contribution in [0.5, 0.6) is 0 Å². The summed E-state index contributed by atoms with van der Waals surface area (Å²) in [6.07, 6.45) is 11.8. The number of nitrogens with one attached hydrogen (secondary N) is 1. The van der Waals surface area contributed by atoms with Crippen molar-refractivity contribution in [2.75, 3.05) is 24.3 Å². The third kappa shape index (κ3) is 8.01. The zero-order valence-corrected chi connectivity index (χ0v) is 20.8. The van der Waals surface area contributed by atoms with Gasteiger partial charge >= 0.3 is 0 Å². The summed E-state index contributed by atoms with van der Waals surface area (Å²) in [5, 5.41) is 11.3. The maximum Gasteiger partial charge on any atom is 0.248 e. The van der Waals surface area contributed by atoms with Crippen molar-refractivity contribution < 1.29 is 9.21 Å². The number of aromatic nitrogens is 2. The highest BCUT2D eigenvalue weighted by atomic mass is 16.4. The van der Waals surface area contributed by atoms with E-state index in [4.69, 9.17) is 4.42 Å². The summed E-state index contributed by atoms with van der Waals surface area (Å²) in [7, 11) is 4.01. The Morgan fingerprint density at radius 1 is 0.765 bits per heavy atom. The van der Waals surface area contributed by atoms with Crippen LogP contribution in [-0.4, -0.2) is 30.2 Å². The molecule has 0 aliphatic heterocycles. The van der Waals surface area contributed by atoms with E-state index in [9.17, 15) is 4.79 Å². The lowest BCUT2D eigenvalue weighted by Crippen LogP contribution is -2.10. The van der Waals surface area contributed by atoms with Gasteiger partial charge in [0.15, 0.2) is 0 Å². The maximum absolute atomic E-state index is 12.2. The van der Waals surface area contributed by atoms with Crippen LogP contribution in [0.3, 0.4) is 0 Å². The summed E-state index contributed by atoms with van der Waals surface area (Å²) in [5.74, 6) is 1.01. The van der Waals surface area contributed by atoms with E-state index in [1.54, 1.807) is 0 Å². The van der Waals surface area contributed by atoms with E-state index in [-0.39, 0.29) is 5.91 Å². The lowest BCUT2D eigenvalue weighted by molar-refractivity contribution is -0.116. The fourth-order valence-electron chi connectivity index (χ4n) is 3.87. The van der Waals surface area contributed by atoms with Crippen LogP contribution in [0.2, 0.25) is 0 Å². The normalized spacial score (nSPS) is 10.9. The first-order chi connectivity index (χ1) is 16.6. The fraction of sp³-hybridized carbons (Fsp3) is 0.464. The molecular formula is C28H38N4O2. The molecule has 182 valence electrons. The highest BCUT2D eigenvalue weighted by Crippen LogP contribution is 2.26. The Bertz CT molecular complexity index is 994. The number of anilines is 2. The summed E-state index contributed by atoms with van der Waals surface area (Å²) < 4.78 is 5.87. The number of rotatable bonds is 14. The van der Waals surface area contributed by atoms with Crippen LogP contribution in [0, 0.1) is 0 Å². The van der Waals surface area contributed by atoms with Gasteiger partial charge in [-0.1, -0.05) is 58.3 Å². The minimum absolute atomic E-state index is 0.0666. The van der Waals surface area contributed by atoms with Crippen molar-refractivity contribution in [1.82, 2.24) is 10.2 Å². The Hall–Kier alpha value is -3.15. The summed E-state index contributed by atoms with van der Waals surface area (Å²) >= 11 is 0. The van der Waals surface area contributed by atoms with Gasteiger partial charge in [0.25, 0.3) is 0 Å². The summed E-state index contributed by atoms with van der Waals surface area (Å²) in [6.45, 7) is 2.25. The molecule has 1 heterocycles. The Balaban J connectivity index is 1.41. The van der Waals surface area contributed by atoms with Crippen LogP contribution in [-0.2, 0) is 4.79 Å². The summed E-state index contributed by atoms with van der Waals surface area (Å²) in [4.78, 5) is 14.3. The van der Waals surface area contributed by atoms with Crippen molar-refractivity contribution in [3.05, 3.63) is 48.5 Å². The van der Waals surface area contributed by atoms with Crippen molar-refractivity contribution in [2.45, 2.75) is 71.1 Å². The minimum atomic E-state index is 0.0666. The van der Waals surface area contributed by atoms with Gasteiger partial charge < -0.3 is 14.6 Å². The van der Waals surface area contributed by atoms with Crippen LogP contribution < -0.4 is 10.2 Å². The average Bonchev–Trinajstić information content (AvgIpc) is 3.34. The fourth-order valence-corrected chi connectivity index (χ4v) is 3.87. The van der Waals surface area contributed by atoms with Gasteiger partial charge in [-0.3, -0.25) is 4.79 Å². The van der Waals surface area contributed by atoms with E-state index in [0.717, 1.165) is 35.3 Å².